The normalized spacial score (nSPS) is 9.80. The van der Waals surface area contributed by atoms with Gasteiger partial charge in [0, 0.05) is 11.4 Å². The number of nitriles is 1. The quantitative estimate of drug-likeness (QED) is 0.847. The molecule has 0 unspecified atom stereocenters. The van der Waals surface area contributed by atoms with Gasteiger partial charge in [0.2, 0.25) is 5.91 Å². The van der Waals surface area contributed by atoms with Crippen molar-refractivity contribution in [1.29, 1.82) is 5.26 Å². The molecule has 0 saturated heterocycles. The van der Waals surface area contributed by atoms with Gasteiger partial charge >= 0.3 is 0 Å². The number of benzene rings is 2. The number of hydrogen-bond donors (Lipinski definition) is 2. The summed E-state index contributed by atoms with van der Waals surface area (Å²) in [5.41, 5.74) is 3.42. The monoisotopic (exact) mass is 337 g/mol. The highest BCUT2D eigenvalue weighted by Crippen LogP contribution is 2.17. The molecule has 2 amide bonds. The van der Waals surface area contributed by atoms with Gasteiger partial charge in [0.05, 0.1) is 6.07 Å². The molecule has 0 saturated carbocycles. The summed E-state index contributed by atoms with van der Waals surface area (Å²) in [6, 6.07) is 14.1. The zero-order valence-corrected chi connectivity index (χ0v) is 14.1. The minimum Gasteiger partial charge on any atom is -0.484 e. The van der Waals surface area contributed by atoms with E-state index in [-0.39, 0.29) is 24.8 Å². The molecule has 25 heavy (non-hydrogen) atoms. The molecule has 2 N–H and O–H groups in total. The average molecular weight is 337 g/mol. The Balaban J connectivity index is 1.84. The lowest BCUT2D eigenvalue weighted by atomic mass is 10.1. The Kier molecular flexibility index (Phi) is 6.13. The van der Waals surface area contributed by atoms with Crippen molar-refractivity contribution in [2.24, 2.45) is 0 Å². The fraction of sp³-hybridized carbons (Fsp3) is 0.211. The lowest BCUT2D eigenvalue weighted by Gasteiger charge is -2.10. The zero-order chi connectivity index (χ0) is 18.2. The van der Waals surface area contributed by atoms with Crippen molar-refractivity contribution in [3.8, 4) is 11.8 Å². The fourth-order valence-electron chi connectivity index (χ4n) is 2.06. The number of nitrogens with one attached hydrogen (secondary N) is 2. The van der Waals surface area contributed by atoms with Gasteiger partial charge in [-0.05, 0) is 61.4 Å². The Labute approximate surface area is 146 Å². The lowest BCUT2D eigenvalue weighted by Crippen LogP contribution is -2.20. The summed E-state index contributed by atoms with van der Waals surface area (Å²) in [5, 5.41) is 13.7. The van der Waals surface area contributed by atoms with Crippen molar-refractivity contribution in [3.63, 3.8) is 0 Å². The minimum absolute atomic E-state index is 0.0941. The van der Waals surface area contributed by atoms with E-state index in [2.05, 4.69) is 10.6 Å². The summed E-state index contributed by atoms with van der Waals surface area (Å²) >= 11 is 0. The van der Waals surface area contributed by atoms with E-state index in [1.807, 2.05) is 32.0 Å². The van der Waals surface area contributed by atoms with E-state index >= 15 is 0 Å². The third-order valence-electron chi connectivity index (χ3n) is 3.54. The lowest BCUT2D eigenvalue weighted by molar-refractivity contribution is -0.118. The van der Waals surface area contributed by atoms with Gasteiger partial charge in [-0.1, -0.05) is 6.07 Å². The molecular weight excluding hydrogens is 318 g/mol. The van der Waals surface area contributed by atoms with E-state index < -0.39 is 0 Å². The van der Waals surface area contributed by atoms with Crippen LogP contribution in [0.4, 0.5) is 11.4 Å². The molecule has 0 spiro atoms. The SMILES string of the molecule is Cc1ccc(OCC(=O)Nc2ccc(NC(=O)CC#N)cc2)cc1C. The third-order valence-corrected chi connectivity index (χ3v) is 3.54. The molecule has 6 heteroatoms. The van der Waals surface area contributed by atoms with E-state index in [0.29, 0.717) is 17.1 Å². The average Bonchev–Trinajstić information content (AvgIpc) is 2.58. The minimum atomic E-state index is -0.374. The Morgan fingerprint density at radius 3 is 2.12 bits per heavy atom. The van der Waals surface area contributed by atoms with Crippen molar-refractivity contribution in [3.05, 3.63) is 53.6 Å². The number of hydrogen-bond acceptors (Lipinski definition) is 4. The number of carbonyl (C=O) groups is 2. The second kappa shape index (κ2) is 8.50. The topological polar surface area (TPSA) is 91.2 Å². The smallest absolute Gasteiger partial charge is 0.262 e. The molecule has 2 aromatic rings. The summed E-state index contributed by atoms with van der Waals surface area (Å²) in [5.74, 6) is -0.00521. The first-order chi connectivity index (χ1) is 12.0. The maximum absolute atomic E-state index is 11.9. The van der Waals surface area contributed by atoms with Crippen molar-refractivity contribution in [2.45, 2.75) is 20.3 Å². The Hall–Kier alpha value is -3.33. The number of anilines is 2. The number of nitrogens with zero attached hydrogens (tertiary/aromatic N) is 1. The van der Waals surface area contributed by atoms with E-state index in [9.17, 15) is 9.59 Å². The number of carbonyl (C=O) groups excluding carboxylic acids is 2. The predicted octanol–water partition coefficient (Wildman–Crippen LogP) is 3.17. The van der Waals surface area contributed by atoms with Gasteiger partial charge in [-0.3, -0.25) is 9.59 Å². The summed E-state index contributed by atoms with van der Waals surface area (Å²) in [4.78, 5) is 23.3. The Bertz CT molecular complexity index is 808. The molecule has 0 aliphatic rings. The molecule has 0 aliphatic carbocycles. The molecule has 0 atom stereocenters. The van der Waals surface area contributed by atoms with Crippen LogP contribution in [0.15, 0.2) is 42.5 Å². The molecule has 0 aliphatic heterocycles. The molecule has 2 aromatic carbocycles. The Morgan fingerprint density at radius 1 is 0.960 bits per heavy atom. The van der Waals surface area contributed by atoms with Crippen LogP contribution in [0.3, 0.4) is 0 Å². The summed E-state index contributed by atoms with van der Waals surface area (Å²) in [6.07, 6.45) is -0.200. The molecule has 0 heterocycles. The third kappa shape index (κ3) is 5.66. The zero-order valence-electron chi connectivity index (χ0n) is 14.1. The van der Waals surface area contributed by atoms with Crippen LogP contribution in [-0.4, -0.2) is 18.4 Å². The number of ether oxygens (including phenoxy) is 1. The summed E-state index contributed by atoms with van der Waals surface area (Å²) in [6.45, 7) is 3.90. The molecule has 0 aromatic heterocycles. The van der Waals surface area contributed by atoms with Crippen LogP contribution in [0.2, 0.25) is 0 Å². The first kappa shape index (κ1) is 18.0. The van der Waals surface area contributed by atoms with Gasteiger partial charge in [0.25, 0.3) is 5.91 Å². The largest absolute Gasteiger partial charge is 0.484 e. The van der Waals surface area contributed by atoms with Gasteiger partial charge in [0.15, 0.2) is 6.61 Å². The van der Waals surface area contributed by atoms with Crippen LogP contribution < -0.4 is 15.4 Å². The molecule has 0 fully saturated rings. The van der Waals surface area contributed by atoms with Gasteiger partial charge in [-0.2, -0.15) is 5.26 Å². The van der Waals surface area contributed by atoms with E-state index in [1.54, 1.807) is 30.3 Å². The van der Waals surface area contributed by atoms with Crippen molar-refractivity contribution in [2.75, 3.05) is 17.2 Å². The highest BCUT2D eigenvalue weighted by atomic mass is 16.5. The summed E-state index contributed by atoms with van der Waals surface area (Å²) < 4.78 is 5.48. The fourth-order valence-corrected chi connectivity index (χ4v) is 2.06. The molecule has 0 bridgehead atoms. The molecule has 0 radical (unpaired) electrons. The van der Waals surface area contributed by atoms with Crippen LogP contribution in [0.25, 0.3) is 0 Å². The number of aryl methyl sites for hydroxylation is 2. The summed E-state index contributed by atoms with van der Waals surface area (Å²) in [7, 11) is 0. The van der Waals surface area contributed by atoms with Crippen LogP contribution in [-0.2, 0) is 9.59 Å². The standard InChI is InChI=1S/C19H19N3O3/c1-13-3-8-17(11-14(13)2)25-12-19(24)22-16-6-4-15(5-7-16)21-18(23)9-10-20/h3-8,11H,9,12H2,1-2H3,(H,21,23)(H,22,24). The van der Waals surface area contributed by atoms with Crippen molar-refractivity contribution >= 4 is 23.2 Å². The second-order valence-electron chi connectivity index (χ2n) is 5.54. The van der Waals surface area contributed by atoms with Crippen LogP contribution in [0.5, 0.6) is 5.75 Å². The maximum Gasteiger partial charge on any atom is 0.262 e. The van der Waals surface area contributed by atoms with Gasteiger partial charge < -0.3 is 15.4 Å². The first-order valence-electron chi connectivity index (χ1n) is 7.74. The molecule has 2 rings (SSSR count). The maximum atomic E-state index is 11.9. The Morgan fingerprint density at radius 2 is 1.56 bits per heavy atom. The molecular formula is C19H19N3O3. The van der Waals surface area contributed by atoms with Gasteiger partial charge in [0.1, 0.15) is 12.2 Å². The van der Waals surface area contributed by atoms with E-state index in [1.165, 1.54) is 5.56 Å². The first-order valence-corrected chi connectivity index (χ1v) is 7.74. The van der Waals surface area contributed by atoms with Gasteiger partial charge in [-0.15, -0.1) is 0 Å². The van der Waals surface area contributed by atoms with E-state index in [0.717, 1.165) is 5.56 Å². The number of amides is 2. The predicted molar refractivity (Wildman–Crippen MR) is 95.3 cm³/mol. The highest BCUT2D eigenvalue weighted by Gasteiger charge is 2.06. The van der Waals surface area contributed by atoms with Gasteiger partial charge in [-0.25, -0.2) is 0 Å². The highest BCUT2D eigenvalue weighted by molar-refractivity contribution is 5.94. The van der Waals surface area contributed by atoms with Crippen molar-refractivity contribution in [1.82, 2.24) is 0 Å². The van der Waals surface area contributed by atoms with Crippen molar-refractivity contribution < 1.29 is 14.3 Å². The number of rotatable bonds is 6. The second-order valence-corrected chi connectivity index (χ2v) is 5.54. The van der Waals surface area contributed by atoms with Crippen LogP contribution >= 0.6 is 0 Å². The van der Waals surface area contributed by atoms with E-state index in [4.69, 9.17) is 10.00 Å². The molecule has 128 valence electrons. The van der Waals surface area contributed by atoms with Crippen LogP contribution in [0.1, 0.15) is 17.5 Å². The molecule has 6 nitrogen and oxygen atoms in total. The van der Waals surface area contributed by atoms with Crippen LogP contribution in [0, 0.1) is 25.2 Å².